The van der Waals surface area contributed by atoms with E-state index in [2.05, 4.69) is 14.8 Å². The van der Waals surface area contributed by atoms with E-state index < -0.39 is 16.0 Å². The number of unbranched alkanes of at least 4 members (excludes halogenated alkanes) is 1. The van der Waals surface area contributed by atoms with E-state index in [0.29, 0.717) is 24.2 Å². The number of rotatable bonds is 13. The molecule has 6 rings (SSSR count). The lowest BCUT2D eigenvalue weighted by molar-refractivity contribution is 0.0383. The van der Waals surface area contributed by atoms with Gasteiger partial charge in [0.15, 0.2) is 0 Å². The SMILES string of the molecule is O=S(=O)(c1ccccc1)n1cc(CN(CCCCN(C2CCC2)C2CCC2)Cc2cccnc2F)c2ccccc21. The topological polar surface area (TPSA) is 58.4 Å². The number of benzene rings is 2. The van der Waals surface area contributed by atoms with Crippen LogP contribution in [0.25, 0.3) is 10.9 Å². The van der Waals surface area contributed by atoms with Crippen molar-refractivity contribution in [3.63, 3.8) is 0 Å². The van der Waals surface area contributed by atoms with Crippen molar-refractivity contribution in [2.75, 3.05) is 13.1 Å². The second kappa shape index (κ2) is 12.4. The molecule has 2 aliphatic carbocycles. The first-order valence-corrected chi connectivity index (χ1v) is 16.4. The predicted octanol–water partition coefficient (Wildman–Crippen LogP) is 6.60. The third kappa shape index (κ3) is 6.10. The van der Waals surface area contributed by atoms with Gasteiger partial charge < -0.3 is 0 Å². The third-order valence-electron chi connectivity index (χ3n) is 8.91. The molecule has 2 saturated carbocycles. The van der Waals surface area contributed by atoms with Crippen LogP contribution in [0, 0.1) is 5.95 Å². The van der Waals surface area contributed by atoms with Gasteiger partial charge in [0.2, 0.25) is 5.95 Å². The molecule has 2 aliphatic rings. The highest BCUT2D eigenvalue weighted by Gasteiger charge is 2.33. The Morgan fingerprint density at radius 2 is 1.46 bits per heavy atom. The molecule has 2 fully saturated rings. The van der Waals surface area contributed by atoms with E-state index in [1.165, 1.54) is 48.7 Å². The van der Waals surface area contributed by atoms with Crippen LogP contribution in [-0.2, 0) is 23.1 Å². The van der Waals surface area contributed by atoms with Crippen LogP contribution in [0.1, 0.15) is 62.5 Å². The Hall–Kier alpha value is -3.07. The van der Waals surface area contributed by atoms with E-state index in [4.69, 9.17) is 0 Å². The minimum Gasteiger partial charge on any atom is -0.297 e. The maximum Gasteiger partial charge on any atom is 0.268 e. The van der Waals surface area contributed by atoms with Crippen molar-refractivity contribution in [3.05, 3.63) is 96.2 Å². The van der Waals surface area contributed by atoms with E-state index >= 15 is 0 Å². The number of hydrogen-bond donors (Lipinski definition) is 0. The number of fused-ring (bicyclic) bond motifs is 1. The molecule has 2 aromatic heterocycles. The second-order valence-electron chi connectivity index (χ2n) is 11.6. The van der Waals surface area contributed by atoms with Gasteiger partial charge in [-0.1, -0.05) is 55.3 Å². The Morgan fingerprint density at radius 1 is 0.805 bits per heavy atom. The molecule has 0 bridgehead atoms. The van der Waals surface area contributed by atoms with Crippen LogP contribution in [0.5, 0.6) is 0 Å². The van der Waals surface area contributed by atoms with E-state index in [1.807, 2.05) is 30.3 Å². The molecule has 0 saturated heterocycles. The number of halogens is 1. The fraction of sp³-hybridized carbons (Fsp3) is 0.424. The van der Waals surface area contributed by atoms with Crippen molar-refractivity contribution < 1.29 is 12.8 Å². The zero-order chi connectivity index (χ0) is 28.2. The van der Waals surface area contributed by atoms with Gasteiger partial charge in [-0.25, -0.2) is 17.4 Å². The fourth-order valence-corrected chi connectivity index (χ4v) is 7.62. The Bertz CT molecular complexity index is 1550. The number of hydrogen-bond acceptors (Lipinski definition) is 5. The highest BCUT2D eigenvalue weighted by molar-refractivity contribution is 7.90. The highest BCUT2D eigenvalue weighted by atomic mass is 32.2. The number of para-hydroxylation sites is 1. The molecule has 0 radical (unpaired) electrons. The molecule has 2 aromatic carbocycles. The van der Waals surface area contributed by atoms with Crippen LogP contribution in [0.15, 0.2) is 84.0 Å². The maximum absolute atomic E-state index is 14.6. The fourth-order valence-electron chi connectivity index (χ4n) is 6.21. The Labute approximate surface area is 242 Å². The lowest BCUT2D eigenvalue weighted by atomic mass is 9.84. The Kier molecular flexibility index (Phi) is 8.51. The summed E-state index contributed by atoms with van der Waals surface area (Å²) < 4.78 is 43.2. The Balaban J connectivity index is 1.23. The average Bonchev–Trinajstić information content (AvgIpc) is 3.30. The minimum absolute atomic E-state index is 0.254. The summed E-state index contributed by atoms with van der Waals surface area (Å²) in [5, 5.41) is 0.893. The molecule has 216 valence electrons. The standard InChI is InChI=1S/C33H39FN4O2S/c34-33-26(11-10-20-35-33)23-36(21-6-7-22-37(28-12-8-13-28)29-14-9-15-29)24-27-25-38(32-19-5-4-18-31(27)32)41(39,40)30-16-2-1-3-17-30/h1-5,10-11,16-20,25,28-29H,6-9,12-15,21-24H2. The third-order valence-corrected chi connectivity index (χ3v) is 10.6. The van der Waals surface area contributed by atoms with E-state index in [0.717, 1.165) is 49.0 Å². The van der Waals surface area contributed by atoms with Gasteiger partial charge in [-0.05, 0) is 81.4 Å². The number of nitrogens with zero attached hydrogens (tertiary/aromatic N) is 4. The molecule has 0 aliphatic heterocycles. The van der Waals surface area contributed by atoms with Crippen molar-refractivity contribution in [3.8, 4) is 0 Å². The van der Waals surface area contributed by atoms with Crippen LogP contribution in [0.4, 0.5) is 4.39 Å². The van der Waals surface area contributed by atoms with Gasteiger partial charge >= 0.3 is 0 Å². The van der Waals surface area contributed by atoms with Crippen molar-refractivity contribution >= 4 is 20.9 Å². The predicted molar refractivity (Wildman–Crippen MR) is 160 cm³/mol. The van der Waals surface area contributed by atoms with E-state index in [-0.39, 0.29) is 4.90 Å². The first kappa shape index (κ1) is 28.1. The minimum atomic E-state index is -3.76. The molecule has 0 unspecified atom stereocenters. The smallest absolute Gasteiger partial charge is 0.268 e. The van der Waals surface area contributed by atoms with Gasteiger partial charge in [0, 0.05) is 48.5 Å². The summed E-state index contributed by atoms with van der Waals surface area (Å²) in [5.41, 5.74) is 2.11. The zero-order valence-corrected chi connectivity index (χ0v) is 24.4. The first-order valence-electron chi connectivity index (χ1n) is 15.0. The summed E-state index contributed by atoms with van der Waals surface area (Å²) in [6.45, 7) is 2.85. The van der Waals surface area contributed by atoms with Crippen LogP contribution in [0.3, 0.4) is 0 Å². The number of pyridine rings is 1. The molecule has 0 amide bonds. The van der Waals surface area contributed by atoms with Crippen LogP contribution in [-0.4, -0.2) is 52.3 Å². The molecular weight excluding hydrogens is 535 g/mol. The lowest BCUT2D eigenvalue weighted by Gasteiger charge is -2.46. The van der Waals surface area contributed by atoms with Gasteiger partial charge in [0.05, 0.1) is 10.4 Å². The van der Waals surface area contributed by atoms with Crippen molar-refractivity contribution in [1.82, 2.24) is 18.8 Å². The summed E-state index contributed by atoms with van der Waals surface area (Å²) in [4.78, 5) is 9.12. The molecule has 8 heteroatoms. The quantitative estimate of drug-likeness (QED) is 0.133. The lowest BCUT2D eigenvalue weighted by Crippen LogP contribution is -2.49. The number of aromatic nitrogens is 2. The summed E-state index contributed by atoms with van der Waals surface area (Å²) in [6, 6.07) is 21.2. The summed E-state index contributed by atoms with van der Waals surface area (Å²) in [5.74, 6) is -0.451. The van der Waals surface area contributed by atoms with E-state index in [9.17, 15) is 12.8 Å². The molecule has 41 heavy (non-hydrogen) atoms. The summed E-state index contributed by atoms with van der Waals surface area (Å²) >= 11 is 0. The summed E-state index contributed by atoms with van der Waals surface area (Å²) in [7, 11) is -3.76. The first-order chi connectivity index (χ1) is 20.0. The van der Waals surface area contributed by atoms with Crippen molar-refractivity contribution in [1.29, 1.82) is 0 Å². The normalized spacial score (nSPS) is 16.4. The Morgan fingerprint density at radius 3 is 2.15 bits per heavy atom. The van der Waals surface area contributed by atoms with E-state index in [1.54, 1.807) is 42.6 Å². The largest absolute Gasteiger partial charge is 0.297 e. The van der Waals surface area contributed by atoms with Gasteiger partial charge in [-0.2, -0.15) is 4.39 Å². The van der Waals surface area contributed by atoms with Crippen LogP contribution < -0.4 is 0 Å². The molecule has 6 nitrogen and oxygen atoms in total. The maximum atomic E-state index is 14.6. The summed E-state index contributed by atoms with van der Waals surface area (Å²) in [6.07, 6.45) is 13.4. The monoisotopic (exact) mass is 574 g/mol. The van der Waals surface area contributed by atoms with Gasteiger partial charge in [0.25, 0.3) is 10.0 Å². The molecule has 0 atom stereocenters. The molecular formula is C33H39FN4O2S. The van der Waals surface area contributed by atoms with Crippen molar-refractivity contribution in [2.24, 2.45) is 0 Å². The van der Waals surface area contributed by atoms with Crippen LogP contribution >= 0.6 is 0 Å². The zero-order valence-electron chi connectivity index (χ0n) is 23.5. The highest BCUT2D eigenvalue weighted by Crippen LogP contribution is 2.34. The van der Waals surface area contributed by atoms with Crippen LogP contribution in [0.2, 0.25) is 0 Å². The molecule has 2 heterocycles. The molecule has 0 N–H and O–H groups in total. The molecule has 4 aromatic rings. The van der Waals surface area contributed by atoms with Crippen molar-refractivity contribution in [2.45, 2.75) is 81.4 Å². The van der Waals surface area contributed by atoms with Gasteiger partial charge in [-0.15, -0.1) is 0 Å². The van der Waals surface area contributed by atoms with Gasteiger partial charge in [0.1, 0.15) is 0 Å². The average molecular weight is 575 g/mol. The molecule has 0 spiro atoms. The second-order valence-corrected chi connectivity index (χ2v) is 13.4. The van der Waals surface area contributed by atoms with Gasteiger partial charge in [-0.3, -0.25) is 9.80 Å².